The van der Waals surface area contributed by atoms with Crippen molar-refractivity contribution in [2.45, 2.75) is 19.8 Å². The summed E-state index contributed by atoms with van der Waals surface area (Å²) in [5.74, 6) is -0.0422. The molecule has 2 aromatic heterocycles. The Bertz CT molecular complexity index is 607. The van der Waals surface area contributed by atoms with Gasteiger partial charge in [-0.25, -0.2) is 4.98 Å². The molecule has 0 N–H and O–H groups in total. The van der Waals surface area contributed by atoms with Gasteiger partial charge in [0.2, 0.25) is 0 Å². The van der Waals surface area contributed by atoms with Crippen molar-refractivity contribution in [2.75, 3.05) is 24.6 Å². The first-order valence-electron chi connectivity index (χ1n) is 6.78. The van der Waals surface area contributed by atoms with Gasteiger partial charge in [0.15, 0.2) is 5.65 Å². The van der Waals surface area contributed by atoms with E-state index in [1.807, 2.05) is 13.0 Å². The summed E-state index contributed by atoms with van der Waals surface area (Å²) in [6.45, 7) is 3.96. The van der Waals surface area contributed by atoms with Gasteiger partial charge < -0.3 is 9.64 Å². The zero-order valence-corrected chi connectivity index (χ0v) is 12.1. The summed E-state index contributed by atoms with van der Waals surface area (Å²) in [7, 11) is 0. The Balaban J connectivity index is 1.72. The van der Waals surface area contributed by atoms with Crippen LogP contribution in [0.4, 0.5) is 5.69 Å². The molecule has 3 rings (SSSR count). The van der Waals surface area contributed by atoms with E-state index in [4.69, 9.17) is 4.74 Å². The fraction of sp³-hybridized carbons (Fsp3) is 0.538. The highest BCUT2D eigenvalue weighted by molar-refractivity contribution is 7.00. The van der Waals surface area contributed by atoms with Crippen molar-refractivity contribution in [1.82, 2.24) is 13.7 Å². The maximum absolute atomic E-state index is 11.7. The number of carbonyl (C=O) groups is 1. The number of piperidine rings is 1. The zero-order chi connectivity index (χ0) is 13.9. The lowest BCUT2D eigenvalue weighted by Gasteiger charge is -2.32. The molecule has 0 aliphatic carbocycles. The molecule has 3 heterocycles. The highest BCUT2D eigenvalue weighted by Crippen LogP contribution is 2.28. The number of aromatic nitrogens is 3. The standard InChI is InChI=1S/C13H16N4O2S/c1-2-19-13(18)9-4-7-17(8-5-9)10-3-6-14-12-11(10)15-20-16-12/h3,6,9H,2,4-5,7-8H2,1H3. The normalized spacial score (nSPS) is 16.6. The number of anilines is 1. The lowest BCUT2D eigenvalue weighted by molar-refractivity contribution is -0.148. The molecule has 1 aliphatic heterocycles. The fourth-order valence-electron chi connectivity index (χ4n) is 2.56. The zero-order valence-electron chi connectivity index (χ0n) is 11.3. The molecule has 0 amide bonds. The Morgan fingerprint density at radius 1 is 1.45 bits per heavy atom. The number of pyridine rings is 1. The molecule has 6 nitrogen and oxygen atoms in total. The van der Waals surface area contributed by atoms with Crippen molar-refractivity contribution in [3.8, 4) is 0 Å². The van der Waals surface area contributed by atoms with E-state index in [1.165, 1.54) is 11.7 Å². The fourth-order valence-corrected chi connectivity index (χ4v) is 3.07. The molecule has 0 spiro atoms. The van der Waals surface area contributed by atoms with Gasteiger partial charge in [0.05, 0.1) is 29.9 Å². The summed E-state index contributed by atoms with van der Waals surface area (Å²) in [4.78, 5) is 18.2. The lowest BCUT2D eigenvalue weighted by atomic mass is 9.96. The Kier molecular flexibility index (Phi) is 3.77. The predicted molar refractivity (Wildman–Crippen MR) is 76.8 cm³/mol. The highest BCUT2D eigenvalue weighted by Gasteiger charge is 2.27. The molecule has 1 aliphatic rings. The van der Waals surface area contributed by atoms with Crippen LogP contribution in [0.25, 0.3) is 11.2 Å². The minimum absolute atomic E-state index is 0.0251. The van der Waals surface area contributed by atoms with Crippen molar-refractivity contribution in [3.63, 3.8) is 0 Å². The molecule has 0 saturated carbocycles. The van der Waals surface area contributed by atoms with E-state index in [2.05, 4.69) is 18.6 Å². The van der Waals surface area contributed by atoms with Crippen LogP contribution in [0.3, 0.4) is 0 Å². The van der Waals surface area contributed by atoms with E-state index in [-0.39, 0.29) is 11.9 Å². The van der Waals surface area contributed by atoms with Crippen LogP contribution >= 0.6 is 11.7 Å². The monoisotopic (exact) mass is 292 g/mol. The smallest absolute Gasteiger partial charge is 0.309 e. The van der Waals surface area contributed by atoms with Crippen molar-refractivity contribution in [2.24, 2.45) is 5.92 Å². The first kappa shape index (κ1) is 13.2. The van der Waals surface area contributed by atoms with E-state index in [1.54, 1.807) is 6.20 Å². The van der Waals surface area contributed by atoms with E-state index >= 15 is 0 Å². The summed E-state index contributed by atoms with van der Waals surface area (Å²) in [5, 5.41) is 0. The first-order valence-corrected chi connectivity index (χ1v) is 7.51. The van der Waals surface area contributed by atoms with Crippen molar-refractivity contribution in [1.29, 1.82) is 0 Å². The molecule has 7 heteroatoms. The molecule has 20 heavy (non-hydrogen) atoms. The molecule has 106 valence electrons. The molecule has 1 saturated heterocycles. The van der Waals surface area contributed by atoms with E-state index in [0.717, 1.165) is 37.1 Å². The van der Waals surface area contributed by atoms with Crippen LogP contribution in [-0.4, -0.2) is 39.4 Å². The second-order valence-electron chi connectivity index (χ2n) is 4.78. The Hall–Kier alpha value is -1.76. The number of ether oxygens (including phenoxy) is 1. The summed E-state index contributed by atoms with van der Waals surface area (Å²) in [6, 6.07) is 1.97. The van der Waals surface area contributed by atoms with Gasteiger partial charge in [0.25, 0.3) is 0 Å². The molecule has 0 bridgehead atoms. The topological polar surface area (TPSA) is 68.2 Å². The van der Waals surface area contributed by atoms with Crippen LogP contribution in [0.1, 0.15) is 19.8 Å². The second kappa shape index (κ2) is 5.70. The molecular weight excluding hydrogens is 276 g/mol. The average Bonchev–Trinajstić information content (AvgIpc) is 2.96. The average molecular weight is 292 g/mol. The Morgan fingerprint density at radius 3 is 3.00 bits per heavy atom. The SMILES string of the molecule is CCOC(=O)C1CCN(c2ccnc3nsnc23)CC1. The maximum atomic E-state index is 11.7. The van der Waals surface area contributed by atoms with Crippen molar-refractivity contribution < 1.29 is 9.53 Å². The number of esters is 1. The van der Waals surface area contributed by atoms with Gasteiger partial charge in [0.1, 0.15) is 5.52 Å². The summed E-state index contributed by atoms with van der Waals surface area (Å²) in [5.41, 5.74) is 2.61. The molecular formula is C13H16N4O2S. The van der Waals surface area contributed by atoms with Crippen LogP contribution in [-0.2, 0) is 9.53 Å². The van der Waals surface area contributed by atoms with Gasteiger partial charge in [-0.1, -0.05) is 0 Å². The van der Waals surface area contributed by atoms with Crippen molar-refractivity contribution in [3.05, 3.63) is 12.3 Å². The molecule has 2 aromatic rings. The third-order valence-corrected chi connectivity index (χ3v) is 4.12. The third kappa shape index (κ3) is 2.45. The minimum Gasteiger partial charge on any atom is -0.466 e. The highest BCUT2D eigenvalue weighted by atomic mass is 32.1. The summed E-state index contributed by atoms with van der Waals surface area (Å²) in [6.07, 6.45) is 3.40. The Labute approximate surface area is 121 Å². The van der Waals surface area contributed by atoms with Gasteiger partial charge in [-0.15, -0.1) is 0 Å². The van der Waals surface area contributed by atoms with Crippen LogP contribution in [0.2, 0.25) is 0 Å². The van der Waals surface area contributed by atoms with E-state index < -0.39 is 0 Å². The number of rotatable bonds is 3. The largest absolute Gasteiger partial charge is 0.466 e. The molecule has 0 aromatic carbocycles. The van der Waals surface area contributed by atoms with Crippen LogP contribution in [0, 0.1) is 5.92 Å². The quantitative estimate of drug-likeness (QED) is 0.804. The lowest BCUT2D eigenvalue weighted by Crippen LogP contribution is -2.37. The number of hydrogen-bond donors (Lipinski definition) is 0. The first-order chi connectivity index (χ1) is 9.79. The third-order valence-electron chi connectivity index (χ3n) is 3.60. The summed E-state index contributed by atoms with van der Waals surface area (Å²) >= 11 is 1.18. The van der Waals surface area contributed by atoms with Gasteiger partial charge in [-0.2, -0.15) is 8.75 Å². The number of fused-ring (bicyclic) bond motifs is 1. The number of carbonyl (C=O) groups excluding carboxylic acids is 1. The van der Waals surface area contributed by atoms with Crippen LogP contribution in [0.5, 0.6) is 0 Å². The predicted octanol–water partition coefficient (Wildman–Crippen LogP) is 1.87. The number of nitrogens with zero attached hydrogens (tertiary/aromatic N) is 4. The van der Waals surface area contributed by atoms with Gasteiger partial charge in [-0.05, 0) is 25.8 Å². The molecule has 0 unspecified atom stereocenters. The van der Waals surface area contributed by atoms with Gasteiger partial charge in [0, 0.05) is 19.3 Å². The number of hydrogen-bond acceptors (Lipinski definition) is 7. The van der Waals surface area contributed by atoms with Crippen LogP contribution < -0.4 is 4.90 Å². The maximum Gasteiger partial charge on any atom is 0.309 e. The van der Waals surface area contributed by atoms with Gasteiger partial charge in [-0.3, -0.25) is 4.79 Å². The summed E-state index contributed by atoms with van der Waals surface area (Å²) < 4.78 is 13.6. The van der Waals surface area contributed by atoms with E-state index in [9.17, 15) is 4.79 Å². The van der Waals surface area contributed by atoms with E-state index in [0.29, 0.717) is 12.3 Å². The van der Waals surface area contributed by atoms with Crippen LogP contribution in [0.15, 0.2) is 12.3 Å². The van der Waals surface area contributed by atoms with Gasteiger partial charge >= 0.3 is 5.97 Å². The molecule has 0 radical (unpaired) electrons. The molecule has 0 atom stereocenters. The molecule has 1 fully saturated rings. The second-order valence-corrected chi connectivity index (χ2v) is 5.31. The van der Waals surface area contributed by atoms with Crippen molar-refractivity contribution >= 4 is 34.5 Å². The Morgan fingerprint density at radius 2 is 2.25 bits per heavy atom. The minimum atomic E-state index is -0.0673.